The number of aromatic amines is 1. The number of hydrogen-bond donors (Lipinski definition) is 5. The Labute approximate surface area is 404 Å². The molecule has 6 aliphatic carbocycles. The van der Waals surface area contributed by atoms with Gasteiger partial charge in [0.25, 0.3) is 0 Å². The fourth-order valence-electron chi connectivity index (χ4n) is 11.0. The van der Waals surface area contributed by atoms with Crippen LogP contribution in [0.3, 0.4) is 0 Å². The van der Waals surface area contributed by atoms with E-state index in [0.717, 1.165) is 50.5 Å². The molecule has 5 N–H and O–H groups in total. The summed E-state index contributed by atoms with van der Waals surface area (Å²) in [6, 6.07) is 7.54. The van der Waals surface area contributed by atoms with Crippen LogP contribution < -0.4 is 26.2 Å². The van der Waals surface area contributed by atoms with E-state index < -0.39 is 48.8 Å². The van der Waals surface area contributed by atoms with Crippen molar-refractivity contribution in [1.82, 2.24) is 64.2 Å². The van der Waals surface area contributed by atoms with Crippen molar-refractivity contribution in [2.24, 2.45) is 5.92 Å². The van der Waals surface area contributed by atoms with Crippen molar-refractivity contribution in [3.8, 4) is 6.07 Å². The molecule has 8 fully saturated rings. The van der Waals surface area contributed by atoms with Crippen LogP contribution in [0.2, 0.25) is 0 Å². The molecule has 370 valence electrons. The van der Waals surface area contributed by atoms with Crippen LogP contribution in [0.1, 0.15) is 105 Å². The minimum absolute atomic E-state index is 0.123. The van der Waals surface area contributed by atoms with E-state index >= 15 is 8.78 Å². The summed E-state index contributed by atoms with van der Waals surface area (Å²) in [6.45, 7) is 4.46. The van der Waals surface area contributed by atoms with E-state index in [1.165, 1.54) is 0 Å². The first-order valence-corrected chi connectivity index (χ1v) is 24.6. The lowest BCUT2D eigenvalue weighted by molar-refractivity contribution is -0.0532. The van der Waals surface area contributed by atoms with Gasteiger partial charge in [0.2, 0.25) is 11.9 Å². The molecule has 71 heavy (non-hydrogen) atoms. The topological polar surface area (TPSA) is 247 Å². The number of alkyl carbamates (subject to hydrolysis) is 2. The summed E-state index contributed by atoms with van der Waals surface area (Å²) in [4.78, 5) is 48.5. The molecule has 6 atom stereocenters. The van der Waals surface area contributed by atoms with Gasteiger partial charge in [0, 0.05) is 91.2 Å². The van der Waals surface area contributed by atoms with Gasteiger partial charge in [0.1, 0.15) is 41.6 Å². The van der Waals surface area contributed by atoms with Gasteiger partial charge in [0.05, 0.1) is 25.2 Å². The van der Waals surface area contributed by atoms with Gasteiger partial charge in [-0.15, -0.1) is 0 Å². The molecule has 2 bridgehead atoms. The Morgan fingerprint density at radius 3 is 2.46 bits per heavy atom. The zero-order valence-corrected chi connectivity index (χ0v) is 38.9. The summed E-state index contributed by atoms with van der Waals surface area (Å²) in [5, 5.41) is 34.4. The zero-order valence-electron chi connectivity index (χ0n) is 38.9. The minimum atomic E-state index is -1.67. The number of imidazole rings is 2. The SMILES string of the molecule is CC1(NC(=O)O[C@H]2CO[C@@H](c3cc(Nc4ncc(C5CC5)c5nc(C#N)cn45)nn3CN3CCN(c4cc5nccn5c(Nc5cc([C@H]6CC[C@@H](OC(=O)NC78CC(C7)C8)[C@H]6F)[nH]n5)n4)CC3)[C@H]2F)CC1. The number of anilines is 5. The van der Waals surface area contributed by atoms with E-state index in [4.69, 9.17) is 29.3 Å². The molecule has 2 amide bonds. The van der Waals surface area contributed by atoms with Crippen LogP contribution in [0.5, 0.6) is 0 Å². The summed E-state index contributed by atoms with van der Waals surface area (Å²) in [5.74, 6) is 2.93. The van der Waals surface area contributed by atoms with Crippen molar-refractivity contribution >= 4 is 52.8 Å². The number of nitrogens with zero attached hydrogens (tertiary/aromatic N) is 12. The summed E-state index contributed by atoms with van der Waals surface area (Å²) in [7, 11) is 0. The second-order valence-electron chi connectivity index (χ2n) is 20.8. The molecule has 0 aromatic carbocycles. The Hall–Kier alpha value is -7.13. The number of nitrogens with one attached hydrogen (secondary N) is 5. The second-order valence-corrected chi connectivity index (χ2v) is 20.8. The van der Waals surface area contributed by atoms with Crippen LogP contribution in [-0.2, 0) is 20.9 Å². The second kappa shape index (κ2) is 16.7. The van der Waals surface area contributed by atoms with E-state index in [2.05, 4.69) is 57.3 Å². The highest BCUT2D eigenvalue weighted by molar-refractivity contribution is 5.70. The number of alkyl halides is 2. The van der Waals surface area contributed by atoms with Gasteiger partial charge in [-0.2, -0.15) is 20.4 Å². The Balaban J connectivity index is 0.694. The van der Waals surface area contributed by atoms with Crippen molar-refractivity contribution in [1.29, 1.82) is 5.26 Å². The molecule has 24 heteroatoms. The molecule has 14 rings (SSSR count). The quantitative estimate of drug-likeness (QED) is 0.0888. The van der Waals surface area contributed by atoms with Crippen molar-refractivity contribution < 1.29 is 32.6 Å². The standard InChI is InChI=1S/C47H53F2N17O5/c1-46(6-7-46)57-44(67)71-33-23-69-40(39(33)49)31-15-35(55-42-52-21-29(26-2-3-26)41-53-27(20-50)22-65(41)42)61-66(31)24-62-10-12-63(13-11-62)37-16-36-51-8-9-64(36)43(56-37)54-34-14-30(59-60-34)28-4-5-32(38(28)48)70-45(68)58-47-17-25(18-47)19-47/h8-9,14-16,21-22,25-26,28,32-33,38-40H,2-7,10-13,17-19,23-24H2,1H3,(H,57,67)(H,58,68)(H,52,55,61)(H2,54,56,59,60)/t25?,28-,32-,33+,38+,39+,40+,47?/m1/s1. The molecule has 0 spiro atoms. The predicted molar refractivity (Wildman–Crippen MR) is 249 cm³/mol. The number of hydrogen-bond acceptors (Lipinski definition) is 16. The number of nitriles is 1. The highest BCUT2D eigenvalue weighted by Crippen LogP contribution is 2.57. The zero-order chi connectivity index (χ0) is 48.2. The van der Waals surface area contributed by atoms with Crippen LogP contribution >= 0.6 is 0 Å². The Morgan fingerprint density at radius 1 is 0.915 bits per heavy atom. The largest absolute Gasteiger partial charge is 0.443 e. The first-order chi connectivity index (χ1) is 34.4. The van der Waals surface area contributed by atoms with Crippen molar-refractivity contribution in [3.63, 3.8) is 0 Å². The number of H-pyrrole nitrogens is 1. The third-order valence-electron chi connectivity index (χ3n) is 15.5. The molecule has 6 aromatic heterocycles. The number of fused-ring (bicyclic) bond motifs is 2. The van der Waals surface area contributed by atoms with Crippen LogP contribution in [0.25, 0.3) is 11.3 Å². The van der Waals surface area contributed by atoms with E-state index in [-0.39, 0.29) is 30.0 Å². The summed E-state index contributed by atoms with van der Waals surface area (Å²) < 4.78 is 54.6. The van der Waals surface area contributed by atoms with Gasteiger partial charge in [0.15, 0.2) is 29.6 Å². The number of ether oxygens (including phenoxy) is 3. The third kappa shape index (κ3) is 8.27. The average Bonchev–Trinajstić information content (AvgIpc) is 3.75. The number of amides is 2. The number of carbonyl (C=O) groups is 2. The number of rotatable bonds is 14. The molecule has 8 heterocycles. The van der Waals surface area contributed by atoms with Crippen molar-refractivity contribution in [2.45, 2.75) is 125 Å². The van der Waals surface area contributed by atoms with Gasteiger partial charge in [-0.25, -0.2) is 33.3 Å². The van der Waals surface area contributed by atoms with E-state index in [1.54, 1.807) is 46.0 Å². The van der Waals surface area contributed by atoms with Gasteiger partial charge in [-0.3, -0.25) is 23.5 Å². The Bertz CT molecular complexity index is 3080. The average molecular weight is 974 g/mol. The maximum Gasteiger partial charge on any atom is 0.408 e. The monoisotopic (exact) mass is 973 g/mol. The van der Waals surface area contributed by atoms with Crippen molar-refractivity contribution in [3.05, 3.63) is 65.6 Å². The number of carbonyl (C=O) groups excluding carboxylic acids is 2. The molecule has 0 unspecified atom stereocenters. The van der Waals surface area contributed by atoms with E-state index in [9.17, 15) is 14.9 Å². The molecular weight excluding hydrogens is 921 g/mol. The lowest BCUT2D eigenvalue weighted by atomic mass is 9.50. The fraction of sp³-hybridized carbons (Fsp3) is 0.553. The minimum Gasteiger partial charge on any atom is -0.443 e. The van der Waals surface area contributed by atoms with Crippen LogP contribution in [0.4, 0.5) is 47.7 Å². The molecule has 0 radical (unpaired) electrons. The van der Waals surface area contributed by atoms with Crippen LogP contribution in [0.15, 0.2) is 43.0 Å². The van der Waals surface area contributed by atoms with Crippen LogP contribution in [0, 0.1) is 17.2 Å². The summed E-state index contributed by atoms with van der Waals surface area (Å²) in [6.07, 6.45) is 7.24. The third-order valence-corrected chi connectivity index (χ3v) is 15.5. The molecule has 6 aromatic rings. The first kappa shape index (κ1) is 43.9. The molecular formula is C47H53F2N17O5. The molecule has 8 aliphatic rings. The molecule has 22 nitrogen and oxygen atoms in total. The molecule has 6 saturated carbocycles. The van der Waals surface area contributed by atoms with E-state index in [1.807, 2.05) is 17.4 Å². The smallest absolute Gasteiger partial charge is 0.408 e. The lowest BCUT2D eigenvalue weighted by Gasteiger charge is -2.61. The van der Waals surface area contributed by atoms with E-state index in [0.29, 0.717) is 103 Å². The highest BCUT2D eigenvalue weighted by atomic mass is 19.1. The summed E-state index contributed by atoms with van der Waals surface area (Å²) in [5.41, 5.74) is 3.15. The predicted octanol–water partition coefficient (Wildman–Crippen LogP) is 5.63. The van der Waals surface area contributed by atoms with Gasteiger partial charge < -0.3 is 40.4 Å². The number of aromatic nitrogens is 10. The van der Waals surface area contributed by atoms with Crippen LogP contribution in [-0.4, -0.2) is 134 Å². The van der Waals surface area contributed by atoms with Gasteiger partial charge >= 0.3 is 12.2 Å². The van der Waals surface area contributed by atoms with Gasteiger partial charge in [-0.1, -0.05) is 0 Å². The van der Waals surface area contributed by atoms with Gasteiger partial charge in [-0.05, 0) is 76.5 Å². The fourth-order valence-corrected chi connectivity index (χ4v) is 11.0. The maximum absolute atomic E-state index is 16.4. The van der Waals surface area contributed by atoms with Crippen molar-refractivity contribution in [2.75, 3.05) is 48.3 Å². The number of halogens is 2. The Morgan fingerprint density at radius 2 is 1.70 bits per heavy atom. The normalized spacial score (nSPS) is 28.5. The first-order valence-electron chi connectivity index (χ1n) is 24.6. The number of piperazine rings is 1. The Kier molecular flexibility index (Phi) is 10.3. The highest BCUT2D eigenvalue weighted by Gasteiger charge is 2.58. The summed E-state index contributed by atoms with van der Waals surface area (Å²) >= 11 is 0. The lowest BCUT2D eigenvalue weighted by Crippen LogP contribution is -2.68. The molecule has 2 aliphatic heterocycles. The molecule has 2 saturated heterocycles. The maximum atomic E-state index is 16.4.